The summed E-state index contributed by atoms with van der Waals surface area (Å²) in [4.78, 5) is 2.18. The number of benzene rings is 1. The minimum Gasteiger partial charge on any atom is -0.447 e. The Morgan fingerprint density at radius 1 is 1.16 bits per heavy atom. The number of halogens is 1. The van der Waals surface area contributed by atoms with Crippen LogP contribution >= 0.6 is 11.6 Å². The molecule has 0 amide bonds. The number of rotatable bonds is 7. The van der Waals surface area contributed by atoms with Crippen molar-refractivity contribution in [2.45, 2.75) is 37.9 Å². The Morgan fingerprint density at radius 3 is 2.60 bits per heavy atom. The summed E-state index contributed by atoms with van der Waals surface area (Å²) in [6.45, 7) is 5.32. The lowest BCUT2D eigenvalue weighted by Crippen LogP contribution is -2.27. The Labute approximate surface area is 154 Å². The molecule has 1 aliphatic rings. The molecular formula is C18H23ClN2O3S. The van der Waals surface area contributed by atoms with E-state index in [0.29, 0.717) is 30.4 Å². The summed E-state index contributed by atoms with van der Waals surface area (Å²) in [7, 11) is -3.49. The van der Waals surface area contributed by atoms with Gasteiger partial charge in [-0.05, 0) is 49.2 Å². The smallest absolute Gasteiger partial charge is 0.276 e. The largest absolute Gasteiger partial charge is 0.447 e. The van der Waals surface area contributed by atoms with E-state index >= 15 is 0 Å². The molecule has 136 valence electrons. The van der Waals surface area contributed by atoms with Gasteiger partial charge >= 0.3 is 0 Å². The lowest BCUT2D eigenvalue weighted by Gasteiger charge is -2.19. The molecule has 2 aromatic rings. The Bertz CT molecular complexity index is 813. The highest BCUT2D eigenvalue weighted by Gasteiger charge is 2.30. The fourth-order valence-corrected chi connectivity index (χ4v) is 4.69. The van der Waals surface area contributed by atoms with E-state index in [9.17, 15) is 8.42 Å². The van der Waals surface area contributed by atoms with E-state index in [-0.39, 0.29) is 5.09 Å². The van der Waals surface area contributed by atoms with Gasteiger partial charge in [0.05, 0.1) is 6.54 Å². The van der Waals surface area contributed by atoms with E-state index in [1.165, 1.54) is 4.31 Å². The van der Waals surface area contributed by atoms with Gasteiger partial charge in [0, 0.05) is 24.7 Å². The molecule has 1 aromatic carbocycles. The molecule has 5 nitrogen and oxygen atoms in total. The third-order valence-electron chi connectivity index (χ3n) is 4.42. The quantitative estimate of drug-likeness (QED) is 0.732. The predicted octanol–water partition coefficient (Wildman–Crippen LogP) is 3.74. The molecule has 0 N–H and O–H groups in total. The standard InChI is InChI=1S/C18H23ClN2O3S/c1-2-20(13-15-6-5-7-16(19)12-15)14-17-8-9-18(24-17)25(22,23)21-10-3-4-11-21/h5-9,12H,2-4,10-11,13-14H2,1H3. The van der Waals surface area contributed by atoms with Crippen molar-refractivity contribution in [2.24, 2.45) is 0 Å². The third-order valence-corrected chi connectivity index (χ3v) is 6.43. The number of nitrogens with zero attached hydrogens (tertiary/aromatic N) is 2. The van der Waals surface area contributed by atoms with E-state index in [1.807, 2.05) is 24.3 Å². The Morgan fingerprint density at radius 2 is 1.92 bits per heavy atom. The highest BCUT2D eigenvalue weighted by atomic mass is 35.5. The lowest BCUT2D eigenvalue weighted by molar-refractivity contribution is 0.239. The molecule has 1 aliphatic heterocycles. The maximum absolute atomic E-state index is 12.5. The van der Waals surface area contributed by atoms with Crippen LogP contribution in [0.2, 0.25) is 5.02 Å². The van der Waals surface area contributed by atoms with Crippen LogP contribution in [0.5, 0.6) is 0 Å². The molecule has 0 saturated carbocycles. The average Bonchev–Trinajstić information content (AvgIpc) is 3.26. The third kappa shape index (κ3) is 4.44. The monoisotopic (exact) mass is 382 g/mol. The average molecular weight is 383 g/mol. The van der Waals surface area contributed by atoms with Gasteiger partial charge in [0.1, 0.15) is 5.76 Å². The molecular weight excluding hydrogens is 360 g/mol. The van der Waals surface area contributed by atoms with Crippen molar-refractivity contribution in [1.82, 2.24) is 9.21 Å². The molecule has 7 heteroatoms. The molecule has 1 saturated heterocycles. The normalized spacial score (nSPS) is 16.0. The van der Waals surface area contributed by atoms with E-state index in [4.69, 9.17) is 16.0 Å². The van der Waals surface area contributed by atoms with Gasteiger partial charge in [-0.2, -0.15) is 4.31 Å². The van der Waals surface area contributed by atoms with Crippen molar-refractivity contribution < 1.29 is 12.8 Å². The summed E-state index contributed by atoms with van der Waals surface area (Å²) in [6.07, 6.45) is 1.83. The molecule has 0 aliphatic carbocycles. The molecule has 0 atom stereocenters. The van der Waals surface area contributed by atoms with Crippen molar-refractivity contribution >= 4 is 21.6 Å². The molecule has 0 bridgehead atoms. The van der Waals surface area contributed by atoms with Gasteiger partial charge in [-0.15, -0.1) is 0 Å². The summed E-state index contributed by atoms with van der Waals surface area (Å²) in [5, 5.41) is 0.758. The van der Waals surface area contributed by atoms with Gasteiger partial charge in [0.15, 0.2) is 0 Å². The lowest BCUT2D eigenvalue weighted by atomic mass is 10.2. The van der Waals surface area contributed by atoms with Crippen LogP contribution in [0.4, 0.5) is 0 Å². The van der Waals surface area contributed by atoms with E-state index in [2.05, 4.69) is 11.8 Å². The first-order valence-electron chi connectivity index (χ1n) is 8.54. The molecule has 1 aromatic heterocycles. The van der Waals surface area contributed by atoms with Gasteiger partial charge < -0.3 is 4.42 Å². The number of sulfonamides is 1. The Balaban J connectivity index is 1.69. The van der Waals surface area contributed by atoms with Crippen molar-refractivity contribution in [3.8, 4) is 0 Å². The molecule has 0 unspecified atom stereocenters. The summed E-state index contributed by atoms with van der Waals surface area (Å²) < 4.78 is 32.2. The minimum atomic E-state index is -3.49. The SMILES string of the molecule is CCN(Cc1cccc(Cl)c1)Cc1ccc(S(=O)(=O)N2CCCC2)o1. The summed E-state index contributed by atoms with van der Waals surface area (Å²) in [5.41, 5.74) is 1.12. The van der Waals surface area contributed by atoms with Crippen molar-refractivity contribution in [3.63, 3.8) is 0 Å². The van der Waals surface area contributed by atoms with Crippen LogP contribution in [0.25, 0.3) is 0 Å². The summed E-state index contributed by atoms with van der Waals surface area (Å²) >= 11 is 6.04. The molecule has 0 radical (unpaired) electrons. The van der Waals surface area contributed by atoms with Crippen LogP contribution in [0.3, 0.4) is 0 Å². The van der Waals surface area contributed by atoms with E-state index in [0.717, 1.165) is 31.5 Å². The van der Waals surface area contributed by atoms with Gasteiger partial charge in [0.2, 0.25) is 5.09 Å². The van der Waals surface area contributed by atoms with Crippen LogP contribution in [-0.4, -0.2) is 37.3 Å². The highest BCUT2D eigenvalue weighted by molar-refractivity contribution is 7.89. The zero-order chi connectivity index (χ0) is 17.9. The Kier molecular flexibility index (Phi) is 5.84. The second-order valence-corrected chi connectivity index (χ2v) is 8.57. The predicted molar refractivity (Wildman–Crippen MR) is 97.9 cm³/mol. The number of hydrogen-bond acceptors (Lipinski definition) is 4. The van der Waals surface area contributed by atoms with Gasteiger partial charge in [0.25, 0.3) is 10.0 Å². The molecule has 3 rings (SSSR count). The van der Waals surface area contributed by atoms with Gasteiger partial charge in [-0.3, -0.25) is 4.90 Å². The number of furan rings is 1. The van der Waals surface area contributed by atoms with E-state index < -0.39 is 10.0 Å². The maximum Gasteiger partial charge on any atom is 0.276 e. The van der Waals surface area contributed by atoms with Gasteiger partial charge in [-0.25, -0.2) is 8.42 Å². The fourth-order valence-electron chi connectivity index (χ4n) is 3.03. The zero-order valence-electron chi connectivity index (χ0n) is 14.3. The van der Waals surface area contributed by atoms with Crippen LogP contribution in [-0.2, 0) is 23.1 Å². The van der Waals surface area contributed by atoms with Crippen LogP contribution < -0.4 is 0 Å². The molecule has 1 fully saturated rings. The molecule has 0 spiro atoms. The fraction of sp³-hybridized carbons (Fsp3) is 0.444. The topological polar surface area (TPSA) is 53.8 Å². The van der Waals surface area contributed by atoms with Crippen LogP contribution in [0, 0.1) is 0 Å². The molecule has 2 heterocycles. The van der Waals surface area contributed by atoms with Crippen molar-refractivity contribution in [1.29, 1.82) is 0 Å². The van der Waals surface area contributed by atoms with Crippen LogP contribution in [0.1, 0.15) is 31.1 Å². The highest BCUT2D eigenvalue weighted by Crippen LogP contribution is 2.23. The van der Waals surface area contributed by atoms with Crippen molar-refractivity contribution in [3.05, 3.63) is 52.7 Å². The second-order valence-electron chi connectivity index (χ2n) is 6.27. The van der Waals surface area contributed by atoms with Crippen LogP contribution in [0.15, 0.2) is 45.9 Å². The second kappa shape index (κ2) is 7.91. The zero-order valence-corrected chi connectivity index (χ0v) is 15.9. The summed E-state index contributed by atoms with van der Waals surface area (Å²) in [5.74, 6) is 0.654. The maximum atomic E-state index is 12.5. The first-order valence-corrected chi connectivity index (χ1v) is 10.4. The summed E-state index contributed by atoms with van der Waals surface area (Å²) in [6, 6.07) is 11.1. The van der Waals surface area contributed by atoms with E-state index in [1.54, 1.807) is 12.1 Å². The van der Waals surface area contributed by atoms with Crippen molar-refractivity contribution in [2.75, 3.05) is 19.6 Å². The first-order chi connectivity index (χ1) is 12.0. The first kappa shape index (κ1) is 18.5. The van der Waals surface area contributed by atoms with Gasteiger partial charge in [-0.1, -0.05) is 30.7 Å². The minimum absolute atomic E-state index is 0.0446. The molecule has 25 heavy (non-hydrogen) atoms. The Hall–Kier alpha value is -1.34. The number of hydrogen-bond donors (Lipinski definition) is 0.